The third kappa shape index (κ3) is 22.8. The highest BCUT2D eigenvalue weighted by atomic mass is 16.6. The van der Waals surface area contributed by atoms with Crippen LogP contribution in [0, 0.1) is 12.3 Å². The number of carbonyl (C=O) groups excluding carboxylic acids is 7. The topological polar surface area (TPSA) is 207 Å². The van der Waals surface area contributed by atoms with E-state index in [1.807, 2.05) is 58.0 Å². The summed E-state index contributed by atoms with van der Waals surface area (Å²) in [6, 6.07) is 11.9. The molecule has 0 aliphatic heterocycles. The van der Waals surface area contributed by atoms with E-state index in [1.165, 1.54) is 0 Å². The van der Waals surface area contributed by atoms with E-state index in [0.717, 1.165) is 11.1 Å². The van der Waals surface area contributed by atoms with Gasteiger partial charge in [-0.25, -0.2) is 9.59 Å². The van der Waals surface area contributed by atoms with Gasteiger partial charge in [-0.05, 0) is 124 Å². The molecule has 0 aliphatic rings. The first-order valence-electron chi connectivity index (χ1n) is 22.2. The summed E-state index contributed by atoms with van der Waals surface area (Å²) in [4.78, 5) is 92.6. The van der Waals surface area contributed by atoms with Crippen LogP contribution < -0.4 is 26.6 Å². The summed E-state index contributed by atoms with van der Waals surface area (Å²) >= 11 is 0. The Labute approximate surface area is 380 Å². The van der Waals surface area contributed by atoms with E-state index in [1.54, 1.807) is 86.6 Å². The third-order valence-corrected chi connectivity index (χ3v) is 9.53. The summed E-state index contributed by atoms with van der Waals surface area (Å²) in [7, 11) is 0. The number of nitrogens with one attached hydrogen (secondary N) is 5. The van der Waals surface area contributed by atoms with E-state index in [-0.39, 0.29) is 44.7 Å². The van der Waals surface area contributed by atoms with Crippen LogP contribution in [-0.2, 0) is 44.6 Å². The van der Waals surface area contributed by atoms with E-state index < -0.39 is 82.0 Å². The molecule has 5 N–H and O–H groups in total. The zero-order valence-corrected chi connectivity index (χ0v) is 40.5. The minimum absolute atomic E-state index is 0.0162. The molecule has 64 heavy (non-hydrogen) atoms. The molecule has 5 amide bonds. The zero-order chi connectivity index (χ0) is 48.5. The fourth-order valence-electron chi connectivity index (χ4n) is 6.37. The second kappa shape index (κ2) is 24.6. The van der Waals surface area contributed by atoms with E-state index in [0.29, 0.717) is 24.8 Å². The molecule has 0 unspecified atom stereocenters. The van der Waals surface area contributed by atoms with Gasteiger partial charge >= 0.3 is 23.9 Å². The van der Waals surface area contributed by atoms with E-state index in [4.69, 9.17) is 14.2 Å². The van der Waals surface area contributed by atoms with Gasteiger partial charge in [0.1, 0.15) is 34.9 Å². The number of unbranched alkanes of at least 4 members (excludes halogenated alkanes) is 1. The molecule has 0 heterocycles. The van der Waals surface area contributed by atoms with Crippen LogP contribution in [0.1, 0.15) is 150 Å². The normalized spacial score (nSPS) is 13.8. The van der Waals surface area contributed by atoms with Gasteiger partial charge in [0.15, 0.2) is 0 Å². The lowest BCUT2D eigenvalue weighted by molar-refractivity contribution is -0.159. The lowest BCUT2D eigenvalue weighted by Crippen LogP contribution is -2.54. The standard InChI is InChI=1S/C49H75N5O10/c1-32-22-24-34(25-23-32)41(57)51-35(26-28-39(55)62-47(5,6)7)43(59)52-37(31-33-19-15-14-16-20-33)42(58)50-30-18-17-21-38(46(2,3)4)54-45(61)53-36(44(60)64-49(11,12)13)27-29-40(56)63-48(8,9)10/h14-16,19-20,22-25,35-38H,17-18,21,26-31H2,1-13H3,(H,50,58)(H,51,57)(H,52,59)(H2,53,54,61)/t35-,36-,37-,38-/m0/s1. The predicted molar refractivity (Wildman–Crippen MR) is 246 cm³/mol. The van der Waals surface area contributed by atoms with Crippen LogP contribution in [0.15, 0.2) is 54.6 Å². The molecule has 0 aliphatic carbocycles. The quantitative estimate of drug-likeness (QED) is 0.0505. The monoisotopic (exact) mass is 894 g/mol. The molecule has 15 nitrogen and oxygen atoms in total. The van der Waals surface area contributed by atoms with Gasteiger partial charge in [0, 0.05) is 37.4 Å². The molecule has 0 bridgehead atoms. The number of aryl methyl sites for hydroxylation is 1. The minimum atomic E-state index is -1.16. The number of urea groups is 1. The molecule has 15 heteroatoms. The smallest absolute Gasteiger partial charge is 0.329 e. The highest BCUT2D eigenvalue weighted by Gasteiger charge is 2.32. The highest BCUT2D eigenvalue weighted by molar-refractivity contribution is 5.98. The molecule has 0 aromatic heterocycles. The van der Waals surface area contributed by atoms with E-state index in [9.17, 15) is 33.6 Å². The van der Waals surface area contributed by atoms with Crippen LogP contribution in [0.3, 0.4) is 0 Å². The predicted octanol–water partition coefficient (Wildman–Crippen LogP) is 6.78. The molecule has 2 rings (SSSR count). The van der Waals surface area contributed by atoms with Gasteiger partial charge in [0.05, 0.1) is 0 Å². The Balaban J connectivity index is 2.14. The van der Waals surface area contributed by atoms with Crippen molar-refractivity contribution in [3.05, 3.63) is 71.3 Å². The largest absolute Gasteiger partial charge is 0.460 e. The number of amides is 5. The molecule has 4 atom stereocenters. The SMILES string of the molecule is Cc1ccc(C(=O)N[C@@H](CCC(=O)OC(C)(C)C)C(=O)N[C@@H](Cc2ccccc2)C(=O)NCCCC[C@H](NC(=O)N[C@@H](CCC(=O)OC(C)(C)C)C(=O)OC(C)(C)C)C(C)(C)C)cc1. The van der Waals surface area contributed by atoms with Crippen molar-refractivity contribution in [3.8, 4) is 0 Å². The van der Waals surface area contributed by atoms with Gasteiger partial charge in [-0.1, -0.05) is 68.8 Å². The molecular weight excluding hydrogens is 819 g/mol. The number of hydrogen-bond acceptors (Lipinski definition) is 10. The second-order valence-electron chi connectivity index (χ2n) is 20.3. The second-order valence-corrected chi connectivity index (χ2v) is 20.3. The van der Waals surface area contributed by atoms with Gasteiger partial charge in [0.25, 0.3) is 5.91 Å². The van der Waals surface area contributed by atoms with Crippen LogP contribution in [-0.4, -0.2) is 89.2 Å². The van der Waals surface area contributed by atoms with Gasteiger partial charge in [-0.3, -0.25) is 24.0 Å². The highest BCUT2D eigenvalue weighted by Crippen LogP contribution is 2.24. The maximum absolute atomic E-state index is 13.9. The maximum atomic E-state index is 13.9. The van der Waals surface area contributed by atoms with Gasteiger partial charge in [-0.15, -0.1) is 0 Å². The van der Waals surface area contributed by atoms with Crippen LogP contribution in [0.5, 0.6) is 0 Å². The first-order valence-corrected chi connectivity index (χ1v) is 22.2. The Bertz CT molecular complexity index is 1860. The van der Waals surface area contributed by atoms with Crippen molar-refractivity contribution in [3.63, 3.8) is 0 Å². The first kappa shape index (κ1) is 54.7. The van der Waals surface area contributed by atoms with Crippen molar-refractivity contribution in [2.45, 2.75) is 182 Å². The van der Waals surface area contributed by atoms with Crippen LogP contribution >= 0.6 is 0 Å². The van der Waals surface area contributed by atoms with Crippen LogP contribution in [0.4, 0.5) is 4.79 Å². The van der Waals surface area contributed by atoms with Crippen LogP contribution in [0.2, 0.25) is 0 Å². The Kier molecular flexibility index (Phi) is 21.0. The van der Waals surface area contributed by atoms with Crippen molar-refractivity contribution in [2.24, 2.45) is 5.41 Å². The Morgan fingerprint density at radius 3 is 1.59 bits per heavy atom. The van der Waals surface area contributed by atoms with Crippen LogP contribution in [0.25, 0.3) is 0 Å². The van der Waals surface area contributed by atoms with Crippen molar-refractivity contribution in [2.75, 3.05) is 6.54 Å². The molecule has 0 radical (unpaired) electrons. The average Bonchev–Trinajstić information content (AvgIpc) is 3.15. The molecule has 0 saturated carbocycles. The number of ether oxygens (including phenoxy) is 3. The Hall–Kier alpha value is -5.47. The number of rotatable bonds is 21. The van der Waals surface area contributed by atoms with E-state index in [2.05, 4.69) is 26.6 Å². The minimum Gasteiger partial charge on any atom is -0.460 e. The average molecular weight is 894 g/mol. The molecular formula is C49H75N5O10. The molecule has 2 aromatic rings. The molecule has 356 valence electrons. The zero-order valence-electron chi connectivity index (χ0n) is 40.5. The number of hydrogen-bond donors (Lipinski definition) is 5. The fourth-order valence-corrected chi connectivity index (χ4v) is 6.37. The van der Waals surface area contributed by atoms with Crippen molar-refractivity contribution in [1.29, 1.82) is 0 Å². The van der Waals surface area contributed by atoms with E-state index >= 15 is 0 Å². The lowest BCUT2D eigenvalue weighted by Gasteiger charge is -2.32. The Morgan fingerprint density at radius 1 is 0.547 bits per heavy atom. The maximum Gasteiger partial charge on any atom is 0.329 e. The summed E-state index contributed by atoms with van der Waals surface area (Å²) in [5.74, 6) is -3.26. The molecule has 2 aromatic carbocycles. The van der Waals surface area contributed by atoms with Gasteiger partial charge in [0.2, 0.25) is 11.8 Å². The van der Waals surface area contributed by atoms with Gasteiger partial charge in [-0.2, -0.15) is 0 Å². The Morgan fingerprint density at radius 2 is 1.08 bits per heavy atom. The van der Waals surface area contributed by atoms with Crippen molar-refractivity contribution in [1.82, 2.24) is 26.6 Å². The molecule has 0 fully saturated rings. The lowest BCUT2D eigenvalue weighted by atomic mass is 9.84. The fraction of sp³-hybridized carbons (Fsp3) is 0.612. The summed E-state index contributed by atoms with van der Waals surface area (Å²) in [6.45, 7) is 23.7. The third-order valence-electron chi connectivity index (χ3n) is 9.53. The van der Waals surface area contributed by atoms with Gasteiger partial charge < -0.3 is 40.8 Å². The summed E-state index contributed by atoms with van der Waals surface area (Å²) < 4.78 is 16.4. The number of benzene rings is 2. The summed E-state index contributed by atoms with van der Waals surface area (Å²) in [5.41, 5.74) is -0.560. The van der Waals surface area contributed by atoms with Crippen molar-refractivity contribution >= 4 is 41.7 Å². The number of carbonyl (C=O) groups is 7. The first-order chi connectivity index (χ1) is 29.5. The molecule has 0 saturated heterocycles. The number of esters is 3. The van der Waals surface area contributed by atoms with Crippen molar-refractivity contribution < 1.29 is 47.8 Å². The summed E-state index contributed by atoms with van der Waals surface area (Å²) in [6.07, 6.45) is 1.50. The molecule has 0 spiro atoms. The summed E-state index contributed by atoms with van der Waals surface area (Å²) in [5, 5.41) is 14.2.